The van der Waals surface area contributed by atoms with E-state index in [1.807, 2.05) is 7.05 Å². The zero-order valence-electron chi connectivity index (χ0n) is 14.4. The Morgan fingerprint density at radius 1 is 0.727 bits per heavy atom. The molecule has 7 heteroatoms. The van der Waals surface area contributed by atoms with Gasteiger partial charge in [-0.25, -0.2) is 0 Å². The van der Waals surface area contributed by atoms with Crippen molar-refractivity contribution in [2.75, 3.05) is 57.0 Å². The molecule has 0 saturated heterocycles. The zero-order chi connectivity index (χ0) is 17.6. The van der Waals surface area contributed by atoms with Crippen LogP contribution in [0.2, 0.25) is 0 Å². The molecule has 0 atom stereocenters. The van der Waals surface area contributed by atoms with Gasteiger partial charge in [0.05, 0.1) is 0 Å². The molecule has 0 bridgehead atoms. The zero-order valence-corrected chi connectivity index (χ0v) is 18.7. The summed E-state index contributed by atoms with van der Waals surface area (Å²) in [4.78, 5) is 4.65. The standard InChI is InChI=1S/C10H23NS.C5H13NS2.O.Tc/c1-3-5-7-11(9-10-12)8-6-4-2;1-6(2-4-7)3-5-8;;/h12H,3-10H2,1-2H3;7-8H,2-5H2,1H3;;/q;;;+3/p-3. The normalized spacial score (nSPS) is 9.95. The van der Waals surface area contributed by atoms with E-state index in [0.717, 1.165) is 55.7 Å². The summed E-state index contributed by atoms with van der Waals surface area (Å²) in [5.41, 5.74) is 0. The van der Waals surface area contributed by atoms with Gasteiger partial charge in [0.2, 0.25) is 0 Å². The molecule has 0 rings (SSSR count). The van der Waals surface area contributed by atoms with Crippen LogP contribution in [0.15, 0.2) is 0 Å². The predicted octanol–water partition coefficient (Wildman–Crippen LogP) is 2.33. The SMILES string of the molecule is CCCCN(CC[S-])CCCC.CN(CC[S-])CC[S-].[O]=[Tc+3]. The van der Waals surface area contributed by atoms with Crippen LogP contribution in [0.3, 0.4) is 0 Å². The van der Waals surface area contributed by atoms with Crippen molar-refractivity contribution in [3.05, 3.63) is 0 Å². The van der Waals surface area contributed by atoms with E-state index in [1.54, 1.807) is 0 Å². The van der Waals surface area contributed by atoms with Crippen molar-refractivity contribution >= 4 is 37.9 Å². The molecule has 0 aliphatic carbocycles. The average molecular weight is 452 g/mol. The fraction of sp³-hybridized carbons (Fsp3) is 1.00. The predicted molar refractivity (Wildman–Crippen MR) is 101 cm³/mol. The summed E-state index contributed by atoms with van der Waals surface area (Å²) in [6, 6.07) is 0. The summed E-state index contributed by atoms with van der Waals surface area (Å²) < 4.78 is 8.22. The molecule has 0 heterocycles. The summed E-state index contributed by atoms with van der Waals surface area (Å²) in [5.74, 6) is 2.51. The summed E-state index contributed by atoms with van der Waals surface area (Å²) in [5, 5.41) is 0. The summed E-state index contributed by atoms with van der Waals surface area (Å²) in [7, 11) is 2.04. The quantitative estimate of drug-likeness (QED) is 0.422. The second-order valence-electron chi connectivity index (χ2n) is 4.96. The first-order valence-corrected chi connectivity index (χ1v) is 10.5. The molecule has 0 radical (unpaired) electrons. The number of hydrogen-bond donors (Lipinski definition) is 0. The molecule has 0 amide bonds. The van der Waals surface area contributed by atoms with Gasteiger partial charge in [-0.05, 0) is 52.6 Å². The first-order chi connectivity index (χ1) is 10.7. The first-order valence-electron chi connectivity index (χ1n) is 7.96. The van der Waals surface area contributed by atoms with E-state index in [9.17, 15) is 0 Å². The maximum atomic E-state index is 8.22. The van der Waals surface area contributed by atoms with Crippen LogP contribution in [0.1, 0.15) is 39.5 Å². The minimum absolute atomic E-state index is 0.811. The van der Waals surface area contributed by atoms with Crippen LogP contribution >= 0.6 is 0 Å². The van der Waals surface area contributed by atoms with Gasteiger partial charge in [-0.2, -0.15) is 17.3 Å². The van der Waals surface area contributed by atoms with Gasteiger partial charge < -0.3 is 47.7 Å². The molecule has 0 spiro atoms. The van der Waals surface area contributed by atoms with Gasteiger partial charge in [0.25, 0.3) is 0 Å². The molecule has 0 fully saturated rings. The summed E-state index contributed by atoms with van der Waals surface area (Å²) >= 11 is 15.4. The Balaban J connectivity index is -0.000000313. The molecule has 0 aromatic heterocycles. The van der Waals surface area contributed by atoms with Crippen LogP contribution < -0.4 is 0 Å². The Bertz CT molecular complexity index is 180. The van der Waals surface area contributed by atoms with Crippen molar-refractivity contribution in [3.8, 4) is 0 Å². The molecular weight excluding hydrogens is 418 g/mol. The van der Waals surface area contributed by atoms with Crippen molar-refractivity contribution in [2.24, 2.45) is 0 Å². The average Bonchev–Trinajstić information content (AvgIpc) is 2.53. The number of nitrogens with zero attached hydrogens (tertiary/aromatic N) is 2. The Morgan fingerprint density at radius 2 is 1.09 bits per heavy atom. The fourth-order valence-electron chi connectivity index (χ4n) is 1.65. The van der Waals surface area contributed by atoms with E-state index in [4.69, 9.17) is 41.4 Å². The van der Waals surface area contributed by atoms with Crippen LogP contribution in [-0.4, -0.2) is 66.8 Å². The third-order valence-corrected chi connectivity index (χ3v) is 3.56. The van der Waals surface area contributed by atoms with Crippen LogP contribution in [0.4, 0.5) is 0 Å². The Morgan fingerprint density at radius 3 is 1.36 bits per heavy atom. The molecular formula is C15H33N2OS3Tc. The van der Waals surface area contributed by atoms with Gasteiger partial charge in [-0.3, -0.25) is 0 Å². The van der Waals surface area contributed by atoms with E-state index < -0.39 is 0 Å². The molecule has 0 aromatic rings. The molecule has 134 valence electrons. The molecule has 0 aromatic carbocycles. The summed E-state index contributed by atoms with van der Waals surface area (Å²) in [6.07, 6.45) is 5.22. The molecule has 3 nitrogen and oxygen atoms in total. The van der Waals surface area contributed by atoms with Crippen molar-refractivity contribution in [2.45, 2.75) is 39.5 Å². The molecule has 0 aliphatic heterocycles. The third-order valence-electron chi connectivity index (χ3n) is 3.01. The topological polar surface area (TPSA) is 23.6 Å². The number of rotatable bonds is 12. The monoisotopic (exact) mass is 450 g/mol. The third kappa shape index (κ3) is 26.3. The second-order valence-corrected chi connectivity index (χ2v) is 6.19. The minimum atomic E-state index is 0.811. The Hall–Kier alpha value is 1.42. The number of hydrogen-bond acceptors (Lipinski definition) is 6. The first kappa shape index (κ1) is 28.2. The van der Waals surface area contributed by atoms with Gasteiger partial charge in [0, 0.05) is 0 Å². The molecule has 0 N–H and O–H groups in total. The van der Waals surface area contributed by atoms with Crippen molar-refractivity contribution in [1.82, 2.24) is 9.80 Å². The van der Waals surface area contributed by atoms with Crippen molar-refractivity contribution in [3.63, 3.8) is 0 Å². The van der Waals surface area contributed by atoms with E-state index in [1.165, 1.54) is 38.8 Å². The van der Waals surface area contributed by atoms with Crippen molar-refractivity contribution < 1.29 is 22.4 Å². The molecule has 0 saturated carbocycles. The van der Waals surface area contributed by atoms with Crippen molar-refractivity contribution in [1.29, 1.82) is 0 Å². The molecule has 22 heavy (non-hydrogen) atoms. The van der Waals surface area contributed by atoms with E-state index in [0.29, 0.717) is 0 Å². The van der Waals surface area contributed by atoms with E-state index in [2.05, 4.69) is 23.6 Å². The van der Waals surface area contributed by atoms with Crippen LogP contribution in [-0.2, 0) is 60.2 Å². The van der Waals surface area contributed by atoms with Gasteiger partial charge in [-0.1, -0.05) is 26.7 Å². The van der Waals surface area contributed by atoms with Gasteiger partial charge in [-0.15, -0.1) is 0 Å². The van der Waals surface area contributed by atoms with Crippen LogP contribution in [0, 0.1) is 0 Å². The molecule has 0 unspecified atom stereocenters. The maximum absolute atomic E-state index is 8.22. The van der Waals surface area contributed by atoms with Gasteiger partial charge in [0.15, 0.2) is 0 Å². The van der Waals surface area contributed by atoms with Crippen LogP contribution in [0.5, 0.6) is 0 Å². The summed E-state index contributed by atoms with van der Waals surface area (Å²) in [6.45, 7) is 10.1. The Labute approximate surface area is 166 Å². The van der Waals surface area contributed by atoms with E-state index in [-0.39, 0.29) is 0 Å². The van der Waals surface area contributed by atoms with Gasteiger partial charge in [0.1, 0.15) is 0 Å². The van der Waals surface area contributed by atoms with Crippen LogP contribution in [0.25, 0.3) is 0 Å². The Kier molecular flexibility index (Phi) is 35.0. The fourth-order valence-corrected chi connectivity index (χ4v) is 2.53. The molecule has 0 aliphatic rings. The van der Waals surface area contributed by atoms with Gasteiger partial charge >= 0.3 is 22.4 Å². The number of unbranched alkanes of at least 4 members (excludes halogenated alkanes) is 2. The van der Waals surface area contributed by atoms with E-state index >= 15 is 0 Å². The second kappa shape index (κ2) is 27.3.